The van der Waals surface area contributed by atoms with Gasteiger partial charge in [-0.05, 0) is 24.3 Å². The van der Waals surface area contributed by atoms with E-state index in [9.17, 15) is 14.4 Å². The number of ether oxygens (including phenoxy) is 1. The van der Waals surface area contributed by atoms with Gasteiger partial charge in [0.05, 0.1) is 0 Å². The molecule has 0 spiro atoms. The molecule has 0 unspecified atom stereocenters. The molecule has 0 saturated heterocycles. The monoisotopic (exact) mass is 364 g/mol. The maximum Gasteiger partial charge on any atom is 0.408 e. The van der Waals surface area contributed by atoms with Crippen molar-refractivity contribution in [2.24, 2.45) is 11.7 Å². The molecule has 0 aliphatic heterocycles. The molecule has 0 saturated carbocycles. The summed E-state index contributed by atoms with van der Waals surface area (Å²) >= 11 is 0. The van der Waals surface area contributed by atoms with E-state index in [-0.39, 0.29) is 18.4 Å². The molecule has 1 aromatic rings. The van der Waals surface area contributed by atoms with Gasteiger partial charge in [-0.15, -0.1) is 0 Å². The average Bonchev–Trinajstić information content (AvgIpc) is 2.61. The summed E-state index contributed by atoms with van der Waals surface area (Å²) in [6.45, 7) is 4.75. The van der Waals surface area contributed by atoms with Crippen molar-refractivity contribution < 1.29 is 19.1 Å². The van der Waals surface area contributed by atoms with E-state index < -0.39 is 18.2 Å². The number of urea groups is 1. The standard InChI is InChI=1S/C18H28N4O4/c1-13(2)15(16(23)20-10-6-7-11-21-17(19)24)22-18(25)26-12-14-8-4-3-5-9-14/h3-5,8-9,13,15H,6-7,10-12H2,1-2H3,(H,20,23)(H,22,25)(H3,19,21,24)/t15-/m0/s1. The van der Waals surface area contributed by atoms with E-state index in [0.29, 0.717) is 25.9 Å². The fourth-order valence-corrected chi connectivity index (χ4v) is 2.21. The first kappa shape index (κ1) is 21.3. The number of carbonyl (C=O) groups is 3. The Morgan fingerprint density at radius 3 is 2.23 bits per heavy atom. The molecule has 0 bridgehead atoms. The number of carbonyl (C=O) groups excluding carboxylic acids is 3. The molecule has 0 aliphatic rings. The molecule has 4 amide bonds. The highest BCUT2D eigenvalue weighted by Crippen LogP contribution is 2.05. The highest BCUT2D eigenvalue weighted by atomic mass is 16.5. The molecule has 1 atom stereocenters. The summed E-state index contributed by atoms with van der Waals surface area (Å²) in [5.41, 5.74) is 5.84. The average molecular weight is 364 g/mol. The van der Waals surface area contributed by atoms with Crippen LogP contribution in [0.1, 0.15) is 32.3 Å². The predicted molar refractivity (Wildman–Crippen MR) is 98.2 cm³/mol. The highest BCUT2D eigenvalue weighted by molar-refractivity contribution is 5.85. The summed E-state index contributed by atoms with van der Waals surface area (Å²) in [5, 5.41) is 7.87. The summed E-state index contributed by atoms with van der Waals surface area (Å²) in [6, 6.07) is 8.07. The Morgan fingerprint density at radius 1 is 1.04 bits per heavy atom. The molecular weight excluding hydrogens is 336 g/mol. The van der Waals surface area contributed by atoms with E-state index in [4.69, 9.17) is 10.5 Å². The molecule has 0 aromatic heterocycles. The van der Waals surface area contributed by atoms with Crippen molar-refractivity contribution in [2.75, 3.05) is 13.1 Å². The van der Waals surface area contributed by atoms with Gasteiger partial charge in [0.25, 0.3) is 0 Å². The highest BCUT2D eigenvalue weighted by Gasteiger charge is 2.24. The van der Waals surface area contributed by atoms with Crippen molar-refractivity contribution in [3.05, 3.63) is 35.9 Å². The van der Waals surface area contributed by atoms with Gasteiger partial charge in [-0.2, -0.15) is 0 Å². The number of primary amides is 1. The van der Waals surface area contributed by atoms with Crippen LogP contribution in [0.5, 0.6) is 0 Å². The predicted octanol–water partition coefficient (Wildman–Crippen LogP) is 1.50. The van der Waals surface area contributed by atoms with Crippen molar-refractivity contribution in [1.29, 1.82) is 0 Å². The van der Waals surface area contributed by atoms with Crippen LogP contribution in [0.2, 0.25) is 0 Å². The zero-order chi connectivity index (χ0) is 19.4. The SMILES string of the molecule is CC(C)[C@H](NC(=O)OCc1ccccc1)C(=O)NCCCCNC(N)=O. The largest absolute Gasteiger partial charge is 0.445 e. The van der Waals surface area contributed by atoms with Gasteiger partial charge in [-0.1, -0.05) is 44.2 Å². The number of alkyl carbamates (subject to hydrolysis) is 1. The van der Waals surface area contributed by atoms with Crippen molar-refractivity contribution in [1.82, 2.24) is 16.0 Å². The van der Waals surface area contributed by atoms with Gasteiger partial charge in [-0.3, -0.25) is 4.79 Å². The van der Waals surface area contributed by atoms with Gasteiger partial charge in [-0.25, -0.2) is 9.59 Å². The van der Waals surface area contributed by atoms with Crippen LogP contribution in [-0.4, -0.2) is 37.2 Å². The van der Waals surface area contributed by atoms with Crippen LogP contribution in [0.3, 0.4) is 0 Å². The fraction of sp³-hybridized carbons (Fsp3) is 0.500. The number of nitrogens with two attached hydrogens (primary N) is 1. The van der Waals surface area contributed by atoms with Gasteiger partial charge in [0.15, 0.2) is 0 Å². The molecule has 0 aliphatic carbocycles. The number of hydrogen-bond acceptors (Lipinski definition) is 4. The first-order chi connectivity index (χ1) is 12.4. The van der Waals surface area contributed by atoms with Crippen LogP contribution in [0.4, 0.5) is 9.59 Å². The lowest BCUT2D eigenvalue weighted by Gasteiger charge is -2.21. The molecule has 1 rings (SSSR count). The third kappa shape index (κ3) is 8.91. The number of unbranched alkanes of at least 4 members (excludes halogenated alkanes) is 1. The van der Waals surface area contributed by atoms with Crippen LogP contribution in [0.15, 0.2) is 30.3 Å². The summed E-state index contributed by atoms with van der Waals surface area (Å²) < 4.78 is 5.16. The van der Waals surface area contributed by atoms with E-state index in [1.165, 1.54) is 0 Å². The van der Waals surface area contributed by atoms with Gasteiger partial charge in [0.2, 0.25) is 5.91 Å². The first-order valence-corrected chi connectivity index (χ1v) is 8.68. The lowest BCUT2D eigenvalue weighted by atomic mass is 10.0. The lowest BCUT2D eigenvalue weighted by Crippen LogP contribution is -2.50. The Balaban J connectivity index is 2.33. The number of benzene rings is 1. The van der Waals surface area contributed by atoms with E-state index >= 15 is 0 Å². The smallest absolute Gasteiger partial charge is 0.408 e. The molecule has 8 nitrogen and oxygen atoms in total. The number of nitrogens with one attached hydrogen (secondary N) is 3. The zero-order valence-electron chi connectivity index (χ0n) is 15.3. The second-order valence-corrected chi connectivity index (χ2v) is 6.22. The van der Waals surface area contributed by atoms with E-state index in [2.05, 4.69) is 16.0 Å². The molecule has 0 fully saturated rings. The van der Waals surface area contributed by atoms with Crippen molar-refractivity contribution in [2.45, 2.75) is 39.3 Å². The molecular formula is C18H28N4O4. The zero-order valence-corrected chi connectivity index (χ0v) is 15.3. The third-order valence-electron chi connectivity index (χ3n) is 3.64. The maximum absolute atomic E-state index is 12.3. The van der Waals surface area contributed by atoms with Gasteiger partial charge in [0, 0.05) is 13.1 Å². The number of rotatable bonds is 10. The summed E-state index contributed by atoms with van der Waals surface area (Å²) in [6.07, 6.45) is 0.755. The molecule has 8 heteroatoms. The Hall–Kier alpha value is -2.77. The first-order valence-electron chi connectivity index (χ1n) is 8.68. The Labute approximate surface area is 153 Å². The third-order valence-corrected chi connectivity index (χ3v) is 3.64. The quantitative estimate of drug-likeness (QED) is 0.470. The summed E-state index contributed by atoms with van der Waals surface area (Å²) in [5.74, 6) is -0.352. The second-order valence-electron chi connectivity index (χ2n) is 6.22. The minimum atomic E-state index is -0.679. The fourth-order valence-electron chi connectivity index (χ4n) is 2.21. The minimum absolute atomic E-state index is 0.0872. The Bertz CT molecular complexity index is 578. The Morgan fingerprint density at radius 2 is 1.65 bits per heavy atom. The van der Waals surface area contributed by atoms with Crippen molar-refractivity contribution >= 4 is 18.0 Å². The number of hydrogen-bond donors (Lipinski definition) is 4. The summed E-state index contributed by atoms with van der Waals surface area (Å²) in [7, 11) is 0. The molecule has 26 heavy (non-hydrogen) atoms. The van der Waals surface area contributed by atoms with Gasteiger partial charge in [0.1, 0.15) is 12.6 Å². The van der Waals surface area contributed by atoms with E-state index in [1.54, 1.807) is 0 Å². The molecule has 0 heterocycles. The molecule has 5 N–H and O–H groups in total. The van der Waals surface area contributed by atoms with Crippen LogP contribution >= 0.6 is 0 Å². The van der Waals surface area contributed by atoms with Crippen LogP contribution in [0, 0.1) is 5.92 Å². The summed E-state index contributed by atoms with van der Waals surface area (Å²) in [4.78, 5) is 34.8. The normalized spacial score (nSPS) is 11.5. The van der Waals surface area contributed by atoms with E-state index in [1.807, 2.05) is 44.2 Å². The van der Waals surface area contributed by atoms with Gasteiger partial charge >= 0.3 is 12.1 Å². The van der Waals surface area contributed by atoms with Crippen LogP contribution < -0.4 is 21.7 Å². The van der Waals surface area contributed by atoms with Crippen LogP contribution in [0.25, 0.3) is 0 Å². The molecule has 1 aromatic carbocycles. The maximum atomic E-state index is 12.3. The minimum Gasteiger partial charge on any atom is -0.445 e. The topological polar surface area (TPSA) is 123 Å². The van der Waals surface area contributed by atoms with Crippen molar-refractivity contribution in [3.63, 3.8) is 0 Å². The van der Waals surface area contributed by atoms with E-state index in [0.717, 1.165) is 5.56 Å². The molecule has 144 valence electrons. The second kappa shape index (κ2) is 11.7. The number of amides is 4. The lowest BCUT2D eigenvalue weighted by molar-refractivity contribution is -0.124. The Kier molecular flexibility index (Phi) is 9.59. The van der Waals surface area contributed by atoms with Crippen molar-refractivity contribution in [3.8, 4) is 0 Å². The van der Waals surface area contributed by atoms with Crippen LogP contribution in [-0.2, 0) is 16.1 Å². The van der Waals surface area contributed by atoms with Gasteiger partial charge < -0.3 is 26.4 Å². The molecule has 0 radical (unpaired) electrons.